The van der Waals surface area contributed by atoms with Crippen molar-refractivity contribution in [2.45, 2.75) is 43.2 Å². The smallest absolute Gasteiger partial charge is 0.305 e. The van der Waals surface area contributed by atoms with E-state index < -0.39 is 16.1 Å². The highest BCUT2D eigenvalue weighted by Crippen LogP contribution is 2.33. The summed E-state index contributed by atoms with van der Waals surface area (Å²) in [6.45, 7) is 3.30. The maximum Gasteiger partial charge on any atom is 0.305 e. The maximum absolute atomic E-state index is 10.7. The molecule has 0 aromatic rings. The largest absolute Gasteiger partial charge is 0.458 e. The second-order valence-corrected chi connectivity index (χ2v) is 5.50. The average molecular weight is 290 g/mol. The van der Waals surface area contributed by atoms with Gasteiger partial charge < -0.3 is 9.47 Å². The second-order valence-electron chi connectivity index (χ2n) is 3.13. The number of hydrogen-bond donors (Lipinski definition) is 0. The molecule has 0 bridgehead atoms. The molecule has 0 rings (SSSR count). The highest BCUT2D eigenvalue weighted by atomic mass is 35.6. The van der Waals surface area contributed by atoms with Crippen LogP contribution in [0.3, 0.4) is 0 Å². The van der Waals surface area contributed by atoms with E-state index in [0.717, 1.165) is 19.3 Å². The predicted octanol–water partition coefficient (Wildman–Crippen LogP) is 3.97. The van der Waals surface area contributed by atoms with Crippen LogP contribution in [0, 0.1) is 0 Å². The lowest BCUT2D eigenvalue weighted by atomic mass is 10.2. The van der Waals surface area contributed by atoms with Crippen molar-refractivity contribution in [2.24, 2.45) is 0 Å². The fourth-order valence-electron chi connectivity index (χ4n) is 0.839. The normalized spacial score (nSPS) is 13.8. The maximum atomic E-state index is 10.7. The topological polar surface area (TPSA) is 35.5 Å². The van der Waals surface area contributed by atoms with Crippen LogP contribution in [0.4, 0.5) is 0 Å². The molecule has 0 aliphatic carbocycles. The first-order valence-electron chi connectivity index (χ1n) is 4.92. The van der Waals surface area contributed by atoms with Crippen molar-refractivity contribution in [1.29, 1.82) is 0 Å². The van der Waals surface area contributed by atoms with Gasteiger partial charge >= 0.3 is 5.97 Å². The molecule has 94 valence electrons. The molecule has 0 saturated heterocycles. The molecule has 0 aliphatic heterocycles. The van der Waals surface area contributed by atoms with Gasteiger partial charge in [-0.3, -0.25) is 4.79 Å². The zero-order valence-electron chi connectivity index (χ0n) is 9.21. The number of carbonyl (C=O) groups is 1. The van der Waals surface area contributed by atoms with Crippen LogP contribution in [0.25, 0.3) is 0 Å². The molecule has 6 heteroatoms. The third-order valence-corrected chi connectivity index (χ3v) is 2.10. The van der Waals surface area contributed by atoms with E-state index in [1.807, 2.05) is 0 Å². The zero-order chi connectivity index (χ0) is 12.6. The molecule has 0 amide bonds. The van der Waals surface area contributed by atoms with Crippen LogP contribution < -0.4 is 0 Å². The summed E-state index contributed by atoms with van der Waals surface area (Å²) < 4.78 is 7.95. The number of allylic oxidation sites excluding steroid dienone is 1. The Balaban J connectivity index is 4.12. The summed E-state index contributed by atoms with van der Waals surface area (Å²) in [7, 11) is 0. The van der Waals surface area contributed by atoms with Gasteiger partial charge in [-0.25, -0.2) is 0 Å². The van der Waals surface area contributed by atoms with Crippen molar-refractivity contribution in [3.05, 3.63) is 12.3 Å². The quantitative estimate of drug-likeness (QED) is 0.244. The van der Waals surface area contributed by atoms with Crippen molar-refractivity contribution in [1.82, 2.24) is 0 Å². The molecule has 0 heterocycles. The number of hydrogen-bond acceptors (Lipinski definition) is 3. The van der Waals surface area contributed by atoms with Crippen LogP contribution in [-0.4, -0.2) is 16.1 Å². The van der Waals surface area contributed by atoms with E-state index in [1.54, 1.807) is 6.08 Å². The molecule has 0 spiro atoms. The average Bonchev–Trinajstić information content (AvgIpc) is 2.13. The van der Waals surface area contributed by atoms with E-state index >= 15 is 0 Å². The van der Waals surface area contributed by atoms with E-state index in [9.17, 15) is 4.79 Å². The number of carbonyl (C=O) groups excluding carboxylic acids is 1. The lowest BCUT2D eigenvalue weighted by Crippen LogP contribution is -2.31. The van der Waals surface area contributed by atoms with Gasteiger partial charge in [0.2, 0.25) is 0 Å². The second kappa shape index (κ2) is 8.04. The summed E-state index contributed by atoms with van der Waals surface area (Å²) in [5.41, 5.74) is 0. The Morgan fingerprint density at radius 2 is 2.06 bits per heavy atom. The molecule has 0 aliphatic rings. The standard InChI is InChI=1S/C10H15Cl3O3/c1-3-4-5-6-7-15-9(10(11,12)13)16-8(2)14/h6-7,9H,3-5H2,1-2H3/b7-6+. The molecule has 1 atom stereocenters. The number of halogens is 3. The van der Waals surface area contributed by atoms with Gasteiger partial charge in [-0.2, -0.15) is 0 Å². The highest BCUT2D eigenvalue weighted by Gasteiger charge is 2.36. The minimum Gasteiger partial charge on any atom is -0.458 e. The Morgan fingerprint density at radius 1 is 1.44 bits per heavy atom. The Hall–Kier alpha value is -0.120. The third kappa shape index (κ3) is 8.08. The molecule has 1 unspecified atom stereocenters. The van der Waals surface area contributed by atoms with Crippen LogP contribution in [0.1, 0.15) is 33.1 Å². The van der Waals surface area contributed by atoms with Gasteiger partial charge in [-0.1, -0.05) is 48.1 Å². The molecular weight excluding hydrogens is 274 g/mol. The monoisotopic (exact) mass is 288 g/mol. The predicted molar refractivity (Wildman–Crippen MR) is 65.6 cm³/mol. The number of rotatable bonds is 6. The lowest BCUT2D eigenvalue weighted by Gasteiger charge is -2.22. The minimum absolute atomic E-state index is 0.571. The Morgan fingerprint density at radius 3 is 2.50 bits per heavy atom. The molecule has 0 aromatic carbocycles. The first-order valence-corrected chi connectivity index (χ1v) is 6.05. The Kier molecular flexibility index (Phi) is 7.98. The van der Waals surface area contributed by atoms with E-state index in [-0.39, 0.29) is 0 Å². The fourth-order valence-corrected chi connectivity index (χ4v) is 1.13. The molecule has 0 fully saturated rings. The SMILES string of the molecule is CCCC/C=C/OC(OC(C)=O)C(Cl)(Cl)Cl. The van der Waals surface area contributed by atoms with Gasteiger partial charge in [0, 0.05) is 6.92 Å². The Bertz CT molecular complexity index is 236. The van der Waals surface area contributed by atoms with E-state index in [2.05, 4.69) is 6.92 Å². The number of unbranched alkanes of at least 4 members (excludes halogenated alkanes) is 2. The molecule has 0 saturated carbocycles. The first kappa shape index (κ1) is 15.9. The minimum atomic E-state index is -1.80. The van der Waals surface area contributed by atoms with E-state index in [0.29, 0.717) is 0 Å². The van der Waals surface area contributed by atoms with Gasteiger partial charge in [-0.15, -0.1) is 0 Å². The third-order valence-electron chi connectivity index (χ3n) is 1.56. The van der Waals surface area contributed by atoms with Gasteiger partial charge in [0.1, 0.15) is 0 Å². The molecule has 0 N–H and O–H groups in total. The van der Waals surface area contributed by atoms with Gasteiger partial charge in [0.15, 0.2) is 0 Å². The number of alkyl halides is 3. The van der Waals surface area contributed by atoms with Gasteiger partial charge in [0.25, 0.3) is 10.1 Å². The summed E-state index contributed by atoms with van der Waals surface area (Å²) in [4.78, 5) is 10.7. The van der Waals surface area contributed by atoms with Crippen molar-refractivity contribution < 1.29 is 14.3 Å². The number of ether oxygens (including phenoxy) is 2. The summed E-state index contributed by atoms with van der Waals surface area (Å²) in [6.07, 6.45) is 4.94. The van der Waals surface area contributed by atoms with Crippen molar-refractivity contribution in [3.63, 3.8) is 0 Å². The summed E-state index contributed by atoms with van der Waals surface area (Å²) in [6, 6.07) is 0. The van der Waals surface area contributed by atoms with Crippen molar-refractivity contribution in [3.8, 4) is 0 Å². The van der Waals surface area contributed by atoms with E-state index in [4.69, 9.17) is 44.3 Å². The number of esters is 1. The lowest BCUT2D eigenvalue weighted by molar-refractivity contribution is -0.165. The fraction of sp³-hybridized carbons (Fsp3) is 0.700. The summed E-state index contributed by atoms with van der Waals surface area (Å²) >= 11 is 16.7. The van der Waals surface area contributed by atoms with Crippen LogP contribution in [0.2, 0.25) is 0 Å². The van der Waals surface area contributed by atoms with Gasteiger partial charge in [-0.05, 0) is 18.9 Å². The summed E-state index contributed by atoms with van der Waals surface area (Å²) in [5, 5.41) is 0. The van der Waals surface area contributed by atoms with Crippen LogP contribution in [-0.2, 0) is 14.3 Å². The van der Waals surface area contributed by atoms with Crippen LogP contribution in [0.15, 0.2) is 12.3 Å². The van der Waals surface area contributed by atoms with Gasteiger partial charge in [0.05, 0.1) is 6.26 Å². The molecule has 3 nitrogen and oxygen atoms in total. The first-order chi connectivity index (χ1) is 7.38. The van der Waals surface area contributed by atoms with Crippen LogP contribution >= 0.6 is 34.8 Å². The zero-order valence-corrected chi connectivity index (χ0v) is 11.5. The molecule has 0 radical (unpaired) electrons. The van der Waals surface area contributed by atoms with Crippen molar-refractivity contribution in [2.75, 3.05) is 0 Å². The Labute approximate surface area is 111 Å². The summed E-state index contributed by atoms with van der Waals surface area (Å²) in [5.74, 6) is -0.571. The van der Waals surface area contributed by atoms with Crippen molar-refractivity contribution >= 4 is 40.8 Å². The molecule has 0 aromatic heterocycles. The van der Waals surface area contributed by atoms with Crippen LogP contribution in [0.5, 0.6) is 0 Å². The highest BCUT2D eigenvalue weighted by molar-refractivity contribution is 6.68. The van der Waals surface area contributed by atoms with E-state index in [1.165, 1.54) is 13.2 Å². The molecular formula is C10H15Cl3O3. The molecule has 16 heavy (non-hydrogen) atoms.